The van der Waals surface area contributed by atoms with Crippen LogP contribution in [0.25, 0.3) is 0 Å². The van der Waals surface area contributed by atoms with Gasteiger partial charge in [-0.25, -0.2) is 9.59 Å². The molecule has 0 spiro atoms. The van der Waals surface area contributed by atoms with Crippen molar-refractivity contribution in [1.82, 2.24) is 0 Å². The molecule has 0 rings (SSSR count). The summed E-state index contributed by atoms with van der Waals surface area (Å²) in [5.74, 6) is -0.703. The predicted molar refractivity (Wildman–Crippen MR) is 196 cm³/mol. The maximum atomic E-state index is 12.3. The minimum Gasteiger partial charge on any atom is -1.00 e. The number of halogens is 2. The first kappa shape index (κ1) is 53.2. The molecule has 0 radical (unpaired) electrons. The van der Waals surface area contributed by atoms with E-state index >= 15 is 0 Å². The summed E-state index contributed by atoms with van der Waals surface area (Å²) in [4.78, 5) is 36.7. The number of likely N-dealkylation sites (N-methyl/N-ethyl adjacent to an activating group) is 2. The number of nitrogens with zero attached hydrogens (tertiary/aromatic N) is 2. The van der Waals surface area contributed by atoms with Crippen LogP contribution in [0.15, 0.2) is 0 Å². The molecule has 0 aromatic carbocycles. The van der Waals surface area contributed by atoms with Crippen LogP contribution in [0.5, 0.6) is 0 Å². The van der Waals surface area contributed by atoms with E-state index in [1.807, 2.05) is 28.2 Å². The van der Waals surface area contributed by atoms with Crippen molar-refractivity contribution in [2.75, 3.05) is 87.4 Å². The number of esters is 3. The number of ether oxygens (including phenoxy) is 4. The van der Waals surface area contributed by atoms with Crippen LogP contribution in [-0.2, 0) is 33.3 Å². The minimum atomic E-state index is -0.317. The number of hydrogen-bond donors (Lipinski definition) is 0. The maximum Gasteiger partial charge on any atom is 0.361 e. The Hall–Kier alpha value is -1.13. The predicted octanol–water partition coefficient (Wildman–Crippen LogP) is 2.03. The fourth-order valence-corrected chi connectivity index (χ4v) is 5.55. The van der Waals surface area contributed by atoms with E-state index in [1.54, 1.807) is 0 Å². The molecule has 0 bridgehead atoms. The third-order valence-corrected chi connectivity index (χ3v) is 8.89. The fraction of sp³-hybridized carbons (Fsp3) is 0.923. The summed E-state index contributed by atoms with van der Waals surface area (Å²) in [6, 6.07) is 0. The van der Waals surface area contributed by atoms with Gasteiger partial charge in [-0.1, -0.05) is 129 Å². The smallest absolute Gasteiger partial charge is 0.361 e. The molecule has 0 aliphatic heterocycles. The molecule has 0 aromatic heterocycles. The summed E-state index contributed by atoms with van der Waals surface area (Å²) in [5, 5.41) is 0. The van der Waals surface area contributed by atoms with Crippen molar-refractivity contribution < 1.29 is 67.1 Å². The zero-order chi connectivity index (χ0) is 35.8. The SMILES string of the molecule is CCCCCCCCCCCCOC(=O)C[N+](C)(C)CCOCCC(=O)OCC[N+](C)(C)CC(=O)OCCCCCCCCCCCC.[Cl-].[Cl-]. The highest BCUT2D eigenvalue weighted by atomic mass is 35.5. The lowest BCUT2D eigenvalue weighted by Crippen LogP contribution is -3.00. The van der Waals surface area contributed by atoms with E-state index in [1.165, 1.54) is 103 Å². The monoisotopic (exact) mass is 757 g/mol. The number of rotatable bonds is 35. The van der Waals surface area contributed by atoms with Crippen LogP contribution in [0.1, 0.15) is 149 Å². The molecule has 11 heteroatoms. The van der Waals surface area contributed by atoms with Crippen LogP contribution in [-0.4, -0.2) is 114 Å². The van der Waals surface area contributed by atoms with E-state index in [4.69, 9.17) is 18.9 Å². The van der Waals surface area contributed by atoms with Gasteiger partial charge in [-0.3, -0.25) is 4.79 Å². The van der Waals surface area contributed by atoms with Gasteiger partial charge in [0, 0.05) is 0 Å². The fourth-order valence-electron chi connectivity index (χ4n) is 5.55. The van der Waals surface area contributed by atoms with Gasteiger partial charge in [-0.05, 0) is 12.8 Å². The van der Waals surface area contributed by atoms with Gasteiger partial charge in [0.25, 0.3) is 0 Å². The number of hydrogen-bond acceptors (Lipinski definition) is 7. The van der Waals surface area contributed by atoms with E-state index < -0.39 is 0 Å². The van der Waals surface area contributed by atoms with Gasteiger partial charge in [0.2, 0.25) is 0 Å². The molecule has 50 heavy (non-hydrogen) atoms. The van der Waals surface area contributed by atoms with E-state index in [9.17, 15) is 14.4 Å². The molecule has 9 nitrogen and oxygen atoms in total. The molecule has 0 fully saturated rings. The Kier molecular flexibility index (Phi) is 38.6. The highest BCUT2D eigenvalue weighted by Crippen LogP contribution is 2.12. The van der Waals surface area contributed by atoms with Crippen LogP contribution >= 0.6 is 0 Å². The average Bonchev–Trinajstić information content (AvgIpc) is 3.01. The van der Waals surface area contributed by atoms with Gasteiger partial charge in [0.15, 0.2) is 13.1 Å². The summed E-state index contributed by atoms with van der Waals surface area (Å²) in [6.07, 6.45) is 25.2. The Morgan fingerprint density at radius 3 is 1.10 bits per heavy atom. The van der Waals surface area contributed by atoms with Crippen molar-refractivity contribution >= 4 is 17.9 Å². The van der Waals surface area contributed by atoms with Crippen LogP contribution in [0.4, 0.5) is 0 Å². The second-order valence-electron chi connectivity index (χ2n) is 15.0. The lowest BCUT2D eigenvalue weighted by atomic mass is 10.1. The number of quaternary nitrogens is 2. The number of carbonyl (C=O) groups excluding carboxylic acids is 3. The Bertz CT molecular complexity index is 800. The van der Waals surface area contributed by atoms with Gasteiger partial charge >= 0.3 is 17.9 Å². The second kappa shape index (κ2) is 36.2. The van der Waals surface area contributed by atoms with Gasteiger partial charge in [-0.2, -0.15) is 0 Å². The van der Waals surface area contributed by atoms with Crippen LogP contribution in [0.3, 0.4) is 0 Å². The molecule has 0 saturated heterocycles. The standard InChI is InChI=1S/C39H78N2O7.2ClH/c1-7-9-11-13-15-17-19-21-23-25-30-46-38(43)35-40(3,4)28-33-45-32-27-37(42)48-34-29-41(5,6)36-39(44)47-31-26-24-22-20-18-16-14-12-10-8-2;;/h7-36H2,1-6H3;2*1H/q+2;;/p-2. The van der Waals surface area contributed by atoms with Crippen molar-refractivity contribution in [3.8, 4) is 0 Å². The third-order valence-electron chi connectivity index (χ3n) is 8.89. The molecule has 0 N–H and O–H groups in total. The molecule has 0 amide bonds. The quantitative estimate of drug-likeness (QED) is 0.0424. The lowest BCUT2D eigenvalue weighted by Gasteiger charge is -2.28. The van der Waals surface area contributed by atoms with Crippen molar-refractivity contribution in [3.63, 3.8) is 0 Å². The Morgan fingerprint density at radius 2 is 0.720 bits per heavy atom. The van der Waals surface area contributed by atoms with E-state index in [2.05, 4.69) is 13.8 Å². The number of unbranched alkanes of at least 4 members (excludes halogenated alkanes) is 18. The molecular formula is C39H78Cl2N2O7. The normalized spacial score (nSPS) is 11.4. The van der Waals surface area contributed by atoms with Gasteiger partial charge in [0.1, 0.15) is 19.7 Å². The van der Waals surface area contributed by atoms with E-state index in [-0.39, 0.29) is 68.9 Å². The zero-order valence-corrected chi connectivity index (χ0v) is 34.7. The second-order valence-corrected chi connectivity index (χ2v) is 15.0. The molecule has 0 unspecified atom stereocenters. The summed E-state index contributed by atoms with van der Waals surface area (Å²) >= 11 is 0. The van der Waals surface area contributed by atoms with Crippen molar-refractivity contribution in [2.45, 2.75) is 149 Å². The third kappa shape index (κ3) is 38.1. The Morgan fingerprint density at radius 1 is 0.400 bits per heavy atom. The van der Waals surface area contributed by atoms with E-state index in [0.29, 0.717) is 48.4 Å². The molecule has 0 saturated carbocycles. The first-order valence-electron chi connectivity index (χ1n) is 19.7. The topological polar surface area (TPSA) is 88.1 Å². The Labute approximate surface area is 320 Å². The summed E-state index contributed by atoms with van der Waals surface area (Å²) in [5.41, 5.74) is 0. The first-order valence-corrected chi connectivity index (χ1v) is 19.7. The molecule has 0 atom stereocenters. The summed E-state index contributed by atoms with van der Waals surface area (Å²) in [6.45, 7) is 8.13. The highest BCUT2D eigenvalue weighted by Gasteiger charge is 2.23. The molecule has 300 valence electrons. The van der Waals surface area contributed by atoms with Crippen LogP contribution in [0.2, 0.25) is 0 Å². The van der Waals surface area contributed by atoms with Crippen molar-refractivity contribution in [3.05, 3.63) is 0 Å². The largest absolute Gasteiger partial charge is 1.00 e. The molecular weight excluding hydrogens is 679 g/mol. The van der Waals surface area contributed by atoms with Crippen LogP contribution < -0.4 is 24.8 Å². The van der Waals surface area contributed by atoms with E-state index in [0.717, 1.165) is 25.7 Å². The highest BCUT2D eigenvalue weighted by molar-refractivity contribution is 5.71. The first-order chi connectivity index (χ1) is 23.0. The van der Waals surface area contributed by atoms with Crippen molar-refractivity contribution in [1.29, 1.82) is 0 Å². The van der Waals surface area contributed by atoms with Crippen molar-refractivity contribution in [2.24, 2.45) is 0 Å². The van der Waals surface area contributed by atoms with Gasteiger partial charge in [-0.15, -0.1) is 0 Å². The van der Waals surface area contributed by atoms with Gasteiger partial charge in [0.05, 0.1) is 61.0 Å². The Balaban J connectivity index is -0.0000110. The average molecular weight is 758 g/mol. The number of carbonyl (C=O) groups is 3. The maximum absolute atomic E-state index is 12.3. The summed E-state index contributed by atoms with van der Waals surface area (Å²) in [7, 11) is 7.83. The molecule has 0 aliphatic rings. The summed E-state index contributed by atoms with van der Waals surface area (Å²) < 4.78 is 22.8. The van der Waals surface area contributed by atoms with Gasteiger partial charge < -0.3 is 52.7 Å². The molecule has 0 aromatic rings. The zero-order valence-electron chi connectivity index (χ0n) is 33.2. The van der Waals surface area contributed by atoms with Crippen LogP contribution in [0, 0.1) is 0 Å². The molecule has 0 aliphatic carbocycles. The lowest BCUT2D eigenvalue weighted by molar-refractivity contribution is -0.883. The molecule has 0 heterocycles. The minimum absolute atomic E-state index is 0.